The number of nitrogens with one attached hydrogen (secondary N) is 1. The summed E-state index contributed by atoms with van der Waals surface area (Å²) in [7, 11) is 0. The maximum absolute atomic E-state index is 13.1. The topological polar surface area (TPSA) is 97.2 Å². The van der Waals surface area contributed by atoms with Crippen molar-refractivity contribution in [3.63, 3.8) is 0 Å². The number of amides is 2. The van der Waals surface area contributed by atoms with Gasteiger partial charge in [-0.05, 0) is 48.1 Å². The summed E-state index contributed by atoms with van der Waals surface area (Å²) in [6.07, 6.45) is 4.25. The summed E-state index contributed by atoms with van der Waals surface area (Å²) >= 11 is 1.15. The first-order valence-corrected chi connectivity index (χ1v) is 10.8. The van der Waals surface area contributed by atoms with E-state index < -0.39 is 0 Å². The summed E-state index contributed by atoms with van der Waals surface area (Å²) in [6.45, 7) is 2.80. The Morgan fingerprint density at radius 2 is 2.03 bits per heavy atom. The standard InChI is InChI=1S/C21H21N5O3S/c1-12(27)25-7-6-16-14(10-25)11-26(15-3-4-15)21(29)19(16)20(28)22-9-13-2-5-17-18(8-13)24-30-23-17/h2,5,8,11,15H,3-4,6-7,9-10H2,1H3,(H,22,28). The van der Waals surface area contributed by atoms with Crippen molar-refractivity contribution < 1.29 is 9.59 Å². The van der Waals surface area contributed by atoms with Crippen LogP contribution in [0.1, 0.15) is 52.9 Å². The van der Waals surface area contributed by atoms with Crippen LogP contribution in [0.3, 0.4) is 0 Å². The van der Waals surface area contributed by atoms with Gasteiger partial charge in [0.2, 0.25) is 5.91 Å². The van der Waals surface area contributed by atoms with Crippen LogP contribution in [0.2, 0.25) is 0 Å². The number of carbonyl (C=O) groups excluding carboxylic acids is 2. The van der Waals surface area contributed by atoms with Crippen molar-refractivity contribution in [2.45, 2.75) is 45.3 Å². The molecule has 9 heteroatoms. The molecule has 8 nitrogen and oxygen atoms in total. The summed E-state index contributed by atoms with van der Waals surface area (Å²) < 4.78 is 10.1. The summed E-state index contributed by atoms with van der Waals surface area (Å²) in [5, 5.41) is 2.91. The molecular formula is C21H21N5O3S. The molecule has 0 atom stereocenters. The second-order valence-corrected chi connectivity index (χ2v) is 8.44. The highest BCUT2D eigenvalue weighted by molar-refractivity contribution is 7.00. The minimum atomic E-state index is -0.362. The number of hydrogen-bond acceptors (Lipinski definition) is 6. The first-order chi connectivity index (χ1) is 14.5. The molecular weight excluding hydrogens is 402 g/mol. The lowest BCUT2D eigenvalue weighted by atomic mass is 9.96. The van der Waals surface area contributed by atoms with Gasteiger partial charge in [0.05, 0.1) is 11.7 Å². The van der Waals surface area contributed by atoms with Gasteiger partial charge in [-0.3, -0.25) is 14.4 Å². The monoisotopic (exact) mass is 423 g/mol. The van der Waals surface area contributed by atoms with Crippen molar-refractivity contribution in [3.05, 3.63) is 57.0 Å². The number of hydrogen-bond donors (Lipinski definition) is 1. The lowest BCUT2D eigenvalue weighted by Gasteiger charge is -2.29. The molecule has 2 aromatic heterocycles. The molecule has 1 aliphatic heterocycles. The summed E-state index contributed by atoms with van der Waals surface area (Å²) in [5.41, 5.74) is 4.18. The Kier molecular flexibility index (Phi) is 4.62. The quantitative estimate of drug-likeness (QED) is 0.693. The molecule has 0 bridgehead atoms. The highest BCUT2D eigenvalue weighted by Crippen LogP contribution is 2.34. The molecule has 1 fully saturated rings. The van der Waals surface area contributed by atoms with Gasteiger partial charge in [-0.15, -0.1) is 0 Å². The highest BCUT2D eigenvalue weighted by Gasteiger charge is 2.31. The smallest absolute Gasteiger partial charge is 0.263 e. The minimum absolute atomic E-state index is 0.00254. The predicted molar refractivity (Wildman–Crippen MR) is 112 cm³/mol. The normalized spacial score (nSPS) is 15.8. The van der Waals surface area contributed by atoms with Crippen LogP contribution in [0.5, 0.6) is 0 Å². The fourth-order valence-corrected chi connectivity index (χ4v) is 4.53. The van der Waals surface area contributed by atoms with Crippen molar-refractivity contribution >= 4 is 34.6 Å². The Hall–Kier alpha value is -3.07. The minimum Gasteiger partial charge on any atom is -0.348 e. The molecule has 0 saturated heterocycles. The highest BCUT2D eigenvalue weighted by atomic mass is 32.1. The van der Waals surface area contributed by atoms with E-state index in [1.54, 1.807) is 16.4 Å². The largest absolute Gasteiger partial charge is 0.348 e. The van der Waals surface area contributed by atoms with E-state index >= 15 is 0 Å². The molecule has 1 aromatic carbocycles. The van der Waals surface area contributed by atoms with Gasteiger partial charge < -0.3 is 14.8 Å². The van der Waals surface area contributed by atoms with E-state index in [0.717, 1.165) is 52.3 Å². The van der Waals surface area contributed by atoms with E-state index in [1.165, 1.54) is 0 Å². The van der Waals surface area contributed by atoms with Crippen LogP contribution < -0.4 is 10.9 Å². The third-order valence-corrected chi connectivity index (χ3v) is 6.37. The van der Waals surface area contributed by atoms with Gasteiger partial charge in [0.25, 0.3) is 11.5 Å². The second kappa shape index (κ2) is 7.32. The van der Waals surface area contributed by atoms with E-state index in [-0.39, 0.29) is 29.0 Å². The van der Waals surface area contributed by atoms with Crippen molar-refractivity contribution in [2.24, 2.45) is 0 Å². The summed E-state index contributed by atoms with van der Waals surface area (Å²) in [5.74, 6) is -0.359. The Labute approximate surface area is 176 Å². The number of benzene rings is 1. The fourth-order valence-electron chi connectivity index (χ4n) is 4.01. The van der Waals surface area contributed by atoms with Crippen molar-refractivity contribution in [3.8, 4) is 0 Å². The Bertz CT molecular complexity index is 1230. The average molecular weight is 423 g/mol. The van der Waals surface area contributed by atoms with Gasteiger partial charge >= 0.3 is 0 Å². The first kappa shape index (κ1) is 18.9. The summed E-state index contributed by atoms with van der Waals surface area (Å²) in [6, 6.07) is 5.83. The molecule has 5 rings (SSSR count). The molecule has 1 N–H and O–H groups in total. The molecule has 0 radical (unpaired) electrons. The molecule has 0 unspecified atom stereocenters. The van der Waals surface area contributed by atoms with Crippen LogP contribution in [0, 0.1) is 0 Å². The predicted octanol–water partition coefficient (Wildman–Crippen LogP) is 2.02. The number of carbonyl (C=O) groups is 2. The van der Waals surface area contributed by atoms with Crippen molar-refractivity contribution in [1.82, 2.24) is 23.5 Å². The van der Waals surface area contributed by atoms with Crippen molar-refractivity contribution in [2.75, 3.05) is 6.54 Å². The zero-order valence-electron chi connectivity index (χ0n) is 16.6. The van der Waals surface area contributed by atoms with Gasteiger partial charge in [0, 0.05) is 38.8 Å². The van der Waals surface area contributed by atoms with E-state index in [4.69, 9.17) is 0 Å². The van der Waals surface area contributed by atoms with Gasteiger partial charge in [0.1, 0.15) is 16.6 Å². The van der Waals surface area contributed by atoms with E-state index in [1.807, 2.05) is 24.4 Å². The van der Waals surface area contributed by atoms with Gasteiger partial charge in [-0.2, -0.15) is 8.75 Å². The van der Waals surface area contributed by atoms with Crippen LogP contribution in [0.15, 0.2) is 29.2 Å². The number of nitrogens with zero attached hydrogens (tertiary/aromatic N) is 4. The maximum atomic E-state index is 13.1. The molecule has 154 valence electrons. The van der Waals surface area contributed by atoms with Crippen LogP contribution in [0.4, 0.5) is 0 Å². The molecule has 30 heavy (non-hydrogen) atoms. The van der Waals surface area contributed by atoms with Crippen LogP contribution in [-0.2, 0) is 24.3 Å². The lowest BCUT2D eigenvalue weighted by Crippen LogP contribution is -2.40. The fraction of sp³-hybridized carbons (Fsp3) is 0.381. The molecule has 1 aliphatic carbocycles. The summed E-state index contributed by atoms with van der Waals surface area (Å²) in [4.78, 5) is 39.8. The molecule has 2 amide bonds. The molecule has 2 aliphatic rings. The zero-order chi connectivity index (χ0) is 20.8. The van der Waals surface area contributed by atoms with Gasteiger partial charge in [0.15, 0.2) is 0 Å². The zero-order valence-corrected chi connectivity index (χ0v) is 17.4. The third kappa shape index (κ3) is 3.39. The number of rotatable bonds is 4. The molecule has 0 spiro atoms. The number of fused-ring (bicyclic) bond motifs is 2. The van der Waals surface area contributed by atoms with E-state index in [9.17, 15) is 14.4 Å². The molecule has 1 saturated carbocycles. The van der Waals surface area contributed by atoms with E-state index in [2.05, 4.69) is 14.1 Å². The maximum Gasteiger partial charge on any atom is 0.263 e. The number of aromatic nitrogens is 3. The second-order valence-electron chi connectivity index (χ2n) is 7.91. The molecule has 3 heterocycles. The number of pyridine rings is 1. The van der Waals surface area contributed by atoms with E-state index in [0.29, 0.717) is 26.1 Å². The lowest BCUT2D eigenvalue weighted by molar-refractivity contribution is -0.129. The Morgan fingerprint density at radius 3 is 2.80 bits per heavy atom. The average Bonchev–Trinajstić information content (AvgIpc) is 3.47. The Balaban J connectivity index is 1.45. The van der Waals surface area contributed by atoms with Crippen LogP contribution in [-0.4, -0.2) is 36.6 Å². The molecule has 3 aromatic rings. The van der Waals surface area contributed by atoms with Crippen LogP contribution in [0.25, 0.3) is 11.0 Å². The SMILES string of the molecule is CC(=O)N1CCc2c(cn(C3CC3)c(=O)c2C(=O)NCc2ccc3nsnc3c2)C1. The third-order valence-electron chi connectivity index (χ3n) is 5.81. The van der Waals surface area contributed by atoms with Gasteiger partial charge in [-0.1, -0.05) is 6.07 Å². The Morgan fingerprint density at radius 1 is 1.23 bits per heavy atom. The van der Waals surface area contributed by atoms with Gasteiger partial charge in [-0.25, -0.2) is 0 Å². The van der Waals surface area contributed by atoms with Crippen LogP contribution >= 0.6 is 11.7 Å². The first-order valence-electron chi connectivity index (χ1n) is 10.0. The van der Waals surface area contributed by atoms with Crippen molar-refractivity contribution in [1.29, 1.82) is 0 Å².